The van der Waals surface area contributed by atoms with Crippen molar-refractivity contribution >= 4 is 39.1 Å². The van der Waals surface area contributed by atoms with Gasteiger partial charge in [-0.3, -0.25) is 0 Å². The van der Waals surface area contributed by atoms with E-state index in [9.17, 15) is 0 Å². The molecule has 0 saturated heterocycles. The Kier molecular flexibility index (Phi) is 4.25. The van der Waals surface area contributed by atoms with Crippen LogP contribution in [-0.2, 0) is 6.42 Å². The average molecular weight is 346 g/mol. The first-order valence-electron chi connectivity index (χ1n) is 5.51. The van der Waals surface area contributed by atoms with E-state index in [0.717, 1.165) is 27.7 Å². The summed E-state index contributed by atoms with van der Waals surface area (Å²) in [6.07, 6.45) is 0.829. The second kappa shape index (κ2) is 5.55. The summed E-state index contributed by atoms with van der Waals surface area (Å²) in [7, 11) is 0. The lowest BCUT2D eigenvalue weighted by Crippen LogP contribution is -1.99. The number of halogens is 3. The largest absolute Gasteiger partial charge is 0.233 e. The van der Waals surface area contributed by atoms with E-state index in [1.54, 1.807) is 6.07 Å². The molecule has 0 saturated carbocycles. The fourth-order valence-electron chi connectivity index (χ4n) is 1.73. The van der Waals surface area contributed by atoms with Crippen LogP contribution in [0.5, 0.6) is 0 Å². The molecule has 0 spiro atoms. The Hall–Kier alpha value is -0.640. The van der Waals surface area contributed by atoms with Crippen LogP contribution in [0.3, 0.4) is 0 Å². The fourth-order valence-corrected chi connectivity index (χ4v) is 2.57. The number of aryl methyl sites for hydroxylation is 1. The molecule has 0 atom stereocenters. The minimum atomic E-state index is 0.520. The molecular weight excluding hydrogens is 335 g/mol. The quantitative estimate of drug-likeness (QED) is 0.709. The van der Waals surface area contributed by atoms with Crippen LogP contribution in [0.4, 0.5) is 0 Å². The SMILES string of the molecule is CCc1c(C)nc(-c2ccc(Cl)c(Br)c2)nc1Cl. The molecule has 0 aliphatic heterocycles. The van der Waals surface area contributed by atoms with Crippen LogP contribution in [0.15, 0.2) is 22.7 Å². The van der Waals surface area contributed by atoms with E-state index in [4.69, 9.17) is 23.2 Å². The van der Waals surface area contributed by atoms with Crippen LogP contribution in [0.25, 0.3) is 11.4 Å². The zero-order valence-corrected chi connectivity index (χ0v) is 13.1. The third-order valence-corrected chi connectivity index (χ3v) is 4.22. The van der Waals surface area contributed by atoms with Crippen LogP contribution in [0.1, 0.15) is 18.2 Å². The number of hydrogen-bond donors (Lipinski definition) is 0. The van der Waals surface area contributed by atoms with Gasteiger partial charge in [-0.05, 0) is 47.5 Å². The lowest BCUT2D eigenvalue weighted by molar-refractivity contribution is 1.00. The topological polar surface area (TPSA) is 25.8 Å². The molecule has 0 amide bonds. The molecule has 0 aliphatic carbocycles. The van der Waals surface area contributed by atoms with Gasteiger partial charge in [-0.25, -0.2) is 9.97 Å². The molecule has 0 radical (unpaired) electrons. The highest BCUT2D eigenvalue weighted by molar-refractivity contribution is 9.10. The van der Waals surface area contributed by atoms with Crippen LogP contribution in [0, 0.1) is 6.92 Å². The third kappa shape index (κ3) is 2.68. The number of benzene rings is 1. The Morgan fingerprint density at radius 1 is 1.22 bits per heavy atom. The standard InChI is InChI=1S/C13H11BrCl2N2/c1-3-9-7(2)17-13(18-12(9)16)8-4-5-11(15)10(14)6-8/h4-6H,3H2,1-2H3. The van der Waals surface area contributed by atoms with Crippen LogP contribution >= 0.6 is 39.1 Å². The Bertz CT molecular complexity index is 577. The number of rotatable bonds is 2. The molecule has 0 fully saturated rings. The predicted molar refractivity (Wildman–Crippen MR) is 79.3 cm³/mol. The van der Waals surface area contributed by atoms with Gasteiger partial charge in [-0.15, -0.1) is 0 Å². The van der Waals surface area contributed by atoms with Gasteiger partial charge in [0, 0.05) is 21.3 Å². The first-order valence-corrected chi connectivity index (χ1v) is 7.06. The van der Waals surface area contributed by atoms with Crippen molar-refractivity contribution in [3.8, 4) is 11.4 Å². The van der Waals surface area contributed by atoms with Gasteiger partial charge in [0.15, 0.2) is 5.82 Å². The summed E-state index contributed by atoms with van der Waals surface area (Å²) in [5.41, 5.74) is 2.80. The van der Waals surface area contributed by atoms with E-state index < -0.39 is 0 Å². The van der Waals surface area contributed by atoms with Crippen LogP contribution in [0.2, 0.25) is 10.2 Å². The van der Waals surface area contributed by atoms with E-state index in [2.05, 4.69) is 25.9 Å². The Morgan fingerprint density at radius 3 is 2.50 bits per heavy atom. The molecule has 2 aromatic rings. The monoisotopic (exact) mass is 344 g/mol. The van der Waals surface area contributed by atoms with Crippen molar-refractivity contribution in [1.29, 1.82) is 0 Å². The van der Waals surface area contributed by atoms with Gasteiger partial charge >= 0.3 is 0 Å². The highest BCUT2D eigenvalue weighted by Gasteiger charge is 2.10. The Labute approximate surface area is 124 Å². The van der Waals surface area contributed by atoms with Crippen molar-refractivity contribution in [2.75, 3.05) is 0 Å². The van der Waals surface area contributed by atoms with Crippen LogP contribution < -0.4 is 0 Å². The fraction of sp³-hybridized carbons (Fsp3) is 0.231. The summed E-state index contributed by atoms with van der Waals surface area (Å²) >= 11 is 15.5. The van der Waals surface area contributed by atoms with E-state index in [-0.39, 0.29) is 0 Å². The molecule has 2 nitrogen and oxygen atoms in total. The number of nitrogens with zero attached hydrogens (tertiary/aromatic N) is 2. The molecule has 0 aliphatic rings. The van der Waals surface area contributed by atoms with E-state index in [1.807, 2.05) is 26.0 Å². The van der Waals surface area contributed by atoms with Crippen molar-refractivity contribution < 1.29 is 0 Å². The molecule has 1 heterocycles. The van der Waals surface area contributed by atoms with Crippen LogP contribution in [-0.4, -0.2) is 9.97 Å². The smallest absolute Gasteiger partial charge is 0.161 e. The lowest BCUT2D eigenvalue weighted by atomic mass is 10.1. The molecule has 1 aromatic heterocycles. The summed E-state index contributed by atoms with van der Waals surface area (Å²) in [5, 5.41) is 1.18. The van der Waals surface area contributed by atoms with Crippen molar-refractivity contribution in [1.82, 2.24) is 9.97 Å². The number of hydrogen-bond acceptors (Lipinski definition) is 2. The summed E-state index contributed by atoms with van der Waals surface area (Å²) in [6.45, 7) is 3.98. The lowest BCUT2D eigenvalue weighted by Gasteiger charge is -2.08. The maximum absolute atomic E-state index is 6.17. The van der Waals surface area contributed by atoms with Gasteiger partial charge in [-0.2, -0.15) is 0 Å². The summed E-state index contributed by atoms with van der Waals surface area (Å²) < 4.78 is 0.818. The third-order valence-electron chi connectivity index (χ3n) is 2.69. The second-order valence-corrected chi connectivity index (χ2v) is 5.50. The van der Waals surface area contributed by atoms with Gasteiger partial charge < -0.3 is 0 Å². The summed E-state index contributed by atoms with van der Waals surface area (Å²) in [5.74, 6) is 0.618. The molecule has 18 heavy (non-hydrogen) atoms. The van der Waals surface area contributed by atoms with Crippen molar-refractivity contribution in [2.45, 2.75) is 20.3 Å². The maximum Gasteiger partial charge on any atom is 0.161 e. The molecule has 94 valence electrons. The zero-order chi connectivity index (χ0) is 13.3. The molecule has 2 rings (SSSR count). The van der Waals surface area contributed by atoms with E-state index in [1.165, 1.54) is 0 Å². The Balaban J connectivity index is 2.54. The van der Waals surface area contributed by atoms with Crippen molar-refractivity contribution in [3.05, 3.63) is 44.1 Å². The molecule has 0 bridgehead atoms. The van der Waals surface area contributed by atoms with E-state index >= 15 is 0 Å². The van der Waals surface area contributed by atoms with Gasteiger partial charge in [0.05, 0.1) is 5.02 Å². The van der Waals surface area contributed by atoms with Gasteiger partial charge in [-0.1, -0.05) is 30.1 Å². The molecular formula is C13H11BrCl2N2. The molecule has 5 heteroatoms. The summed E-state index contributed by atoms with van der Waals surface area (Å²) in [6, 6.07) is 5.57. The number of aromatic nitrogens is 2. The first-order chi connectivity index (χ1) is 8.52. The van der Waals surface area contributed by atoms with Gasteiger partial charge in [0.25, 0.3) is 0 Å². The van der Waals surface area contributed by atoms with Crippen molar-refractivity contribution in [3.63, 3.8) is 0 Å². The normalized spacial score (nSPS) is 10.7. The average Bonchev–Trinajstić information content (AvgIpc) is 2.32. The van der Waals surface area contributed by atoms with Gasteiger partial charge in [0.1, 0.15) is 5.15 Å². The predicted octanol–water partition coefficient (Wildman–Crippen LogP) is 5.08. The minimum absolute atomic E-state index is 0.520. The maximum atomic E-state index is 6.17. The molecule has 0 unspecified atom stereocenters. The highest BCUT2D eigenvalue weighted by atomic mass is 79.9. The van der Waals surface area contributed by atoms with Gasteiger partial charge in [0.2, 0.25) is 0 Å². The highest BCUT2D eigenvalue weighted by Crippen LogP contribution is 2.28. The Morgan fingerprint density at radius 2 is 1.94 bits per heavy atom. The molecule has 1 aromatic carbocycles. The van der Waals surface area contributed by atoms with Crippen molar-refractivity contribution in [2.24, 2.45) is 0 Å². The first kappa shape index (κ1) is 13.8. The minimum Gasteiger partial charge on any atom is -0.233 e. The zero-order valence-electron chi connectivity index (χ0n) is 9.97. The molecule has 0 N–H and O–H groups in total. The van der Waals surface area contributed by atoms with E-state index in [0.29, 0.717) is 16.0 Å². The summed E-state index contributed by atoms with van der Waals surface area (Å²) in [4.78, 5) is 8.82. The second-order valence-electron chi connectivity index (χ2n) is 3.88.